The summed E-state index contributed by atoms with van der Waals surface area (Å²) in [4.78, 5) is 37.1. The van der Waals surface area contributed by atoms with E-state index < -0.39 is 18.2 Å². The summed E-state index contributed by atoms with van der Waals surface area (Å²) in [6.45, 7) is -0.484. The second-order valence-corrected chi connectivity index (χ2v) is 6.38. The van der Waals surface area contributed by atoms with Crippen LogP contribution in [0, 0.1) is 0 Å². The van der Waals surface area contributed by atoms with Crippen LogP contribution in [-0.2, 0) is 4.74 Å². The van der Waals surface area contributed by atoms with Gasteiger partial charge in [0.2, 0.25) is 5.78 Å². The van der Waals surface area contributed by atoms with E-state index in [2.05, 4.69) is 0 Å². The van der Waals surface area contributed by atoms with Crippen LogP contribution < -0.4 is 10.4 Å². The fourth-order valence-electron chi connectivity index (χ4n) is 3.13. The zero-order valence-electron chi connectivity index (χ0n) is 15.5. The van der Waals surface area contributed by atoms with Crippen molar-refractivity contribution in [1.82, 2.24) is 0 Å². The number of Topliss-reactive ketones (excluding diaryl/α,β-unsaturated/α-hetero) is 1. The highest BCUT2D eigenvalue weighted by atomic mass is 16.5. The lowest BCUT2D eigenvalue weighted by Crippen LogP contribution is -2.20. The summed E-state index contributed by atoms with van der Waals surface area (Å²) >= 11 is 0. The molecule has 0 radical (unpaired) electrons. The van der Waals surface area contributed by atoms with Gasteiger partial charge in [0.1, 0.15) is 16.9 Å². The largest absolute Gasteiger partial charge is 0.497 e. The van der Waals surface area contributed by atoms with E-state index in [0.29, 0.717) is 22.3 Å². The molecule has 0 spiro atoms. The molecule has 6 heteroatoms. The van der Waals surface area contributed by atoms with Crippen molar-refractivity contribution in [2.45, 2.75) is 0 Å². The van der Waals surface area contributed by atoms with Gasteiger partial charge in [0.15, 0.2) is 6.61 Å². The smallest absolute Gasteiger partial charge is 0.351 e. The van der Waals surface area contributed by atoms with Crippen molar-refractivity contribution in [2.24, 2.45) is 0 Å². The van der Waals surface area contributed by atoms with Crippen molar-refractivity contribution < 1.29 is 23.5 Å². The second kappa shape index (κ2) is 7.59. The van der Waals surface area contributed by atoms with Gasteiger partial charge in [-0.05, 0) is 35.0 Å². The lowest BCUT2D eigenvalue weighted by molar-refractivity contribution is 0.0471. The lowest BCUT2D eigenvalue weighted by atomic mass is 10.0. The van der Waals surface area contributed by atoms with Crippen LogP contribution in [0.15, 0.2) is 75.9 Å². The number of carbonyl (C=O) groups is 2. The first kappa shape index (κ1) is 18.4. The Balaban J connectivity index is 1.57. The van der Waals surface area contributed by atoms with E-state index >= 15 is 0 Å². The van der Waals surface area contributed by atoms with Crippen LogP contribution in [-0.4, -0.2) is 25.5 Å². The molecule has 0 saturated carbocycles. The number of ketones is 1. The van der Waals surface area contributed by atoms with Gasteiger partial charge in [0.05, 0.1) is 7.11 Å². The monoisotopic (exact) mass is 388 g/mol. The standard InChI is InChI=1S/C23H16O6/c1-27-16-9-10-21-15(11-16)12-19(23(26)29-21)22(25)28-13-20(24)18-8-4-6-14-5-2-3-7-17(14)18/h2-12H,13H2,1H3. The van der Waals surface area contributed by atoms with Gasteiger partial charge >= 0.3 is 11.6 Å². The molecule has 0 atom stereocenters. The molecular weight excluding hydrogens is 372 g/mol. The Kier molecular flexibility index (Phi) is 4.83. The third kappa shape index (κ3) is 3.60. The number of hydrogen-bond acceptors (Lipinski definition) is 6. The molecule has 0 bridgehead atoms. The molecule has 6 nitrogen and oxygen atoms in total. The summed E-state index contributed by atoms with van der Waals surface area (Å²) in [5.41, 5.74) is -0.341. The molecule has 0 unspecified atom stereocenters. The molecule has 4 rings (SSSR count). The van der Waals surface area contributed by atoms with Gasteiger partial charge in [-0.1, -0.05) is 42.5 Å². The molecule has 0 fully saturated rings. The topological polar surface area (TPSA) is 82.8 Å². The Bertz CT molecular complexity index is 1300. The van der Waals surface area contributed by atoms with Gasteiger partial charge in [0, 0.05) is 10.9 Å². The van der Waals surface area contributed by atoms with Crippen LogP contribution in [0.25, 0.3) is 21.7 Å². The van der Waals surface area contributed by atoms with E-state index in [4.69, 9.17) is 13.9 Å². The van der Waals surface area contributed by atoms with Gasteiger partial charge in [-0.15, -0.1) is 0 Å². The van der Waals surface area contributed by atoms with Crippen molar-refractivity contribution in [3.63, 3.8) is 0 Å². The van der Waals surface area contributed by atoms with E-state index in [9.17, 15) is 14.4 Å². The maximum absolute atomic E-state index is 12.6. The number of fused-ring (bicyclic) bond motifs is 2. The molecule has 29 heavy (non-hydrogen) atoms. The number of rotatable bonds is 5. The molecule has 0 aliphatic rings. The normalized spacial score (nSPS) is 10.8. The van der Waals surface area contributed by atoms with E-state index in [-0.39, 0.29) is 11.3 Å². The zero-order valence-corrected chi connectivity index (χ0v) is 15.5. The molecule has 144 valence electrons. The average molecular weight is 388 g/mol. The van der Waals surface area contributed by atoms with Crippen molar-refractivity contribution in [1.29, 1.82) is 0 Å². The maximum atomic E-state index is 12.6. The third-order valence-electron chi connectivity index (χ3n) is 4.58. The first-order chi connectivity index (χ1) is 14.1. The quantitative estimate of drug-likeness (QED) is 0.292. The molecule has 0 aliphatic carbocycles. The molecular formula is C23H16O6. The average Bonchev–Trinajstić information content (AvgIpc) is 2.76. The van der Waals surface area contributed by atoms with Crippen LogP contribution in [0.5, 0.6) is 5.75 Å². The number of esters is 1. The molecule has 0 saturated heterocycles. The molecule has 0 N–H and O–H groups in total. The second-order valence-electron chi connectivity index (χ2n) is 6.38. The summed E-state index contributed by atoms with van der Waals surface area (Å²) < 4.78 is 15.4. The minimum absolute atomic E-state index is 0.281. The number of ether oxygens (including phenoxy) is 2. The van der Waals surface area contributed by atoms with E-state index in [1.54, 1.807) is 30.3 Å². The number of hydrogen-bond donors (Lipinski definition) is 0. The Morgan fingerprint density at radius 3 is 2.52 bits per heavy atom. The third-order valence-corrected chi connectivity index (χ3v) is 4.58. The highest BCUT2D eigenvalue weighted by Gasteiger charge is 2.18. The van der Waals surface area contributed by atoms with Crippen molar-refractivity contribution in [3.8, 4) is 5.75 Å². The first-order valence-electron chi connectivity index (χ1n) is 8.87. The zero-order chi connectivity index (χ0) is 20.4. The molecule has 1 heterocycles. The van der Waals surface area contributed by atoms with Crippen LogP contribution in [0.1, 0.15) is 20.7 Å². The Labute approximate surface area is 165 Å². The molecule has 1 aromatic heterocycles. The fraction of sp³-hybridized carbons (Fsp3) is 0.0870. The Morgan fingerprint density at radius 1 is 0.897 bits per heavy atom. The van der Waals surface area contributed by atoms with Crippen molar-refractivity contribution in [3.05, 3.63) is 88.3 Å². The number of carbonyl (C=O) groups excluding carboxylic acids is 2. The van der Waals surface area contributed by atoms with E-state index in [0.717, 1.165) is 10.8 Å². The lowest BCUT2D eigenvalue weighted by Gasteiger charge is -2.07. The van der Waals surface area contributed by atoms with Gasteiger partial charge < -0.3 is 13.9 Å². The van der Waals surface area contributed by atoms with Gasteiger partial charge in [0.25, 0.3) is 0 Å². The Morgan fingerprint density at radius 2 is 1.69 bits per heavy atom. The predicted octanol–water partition coefficient (Wildman–Crippen LogP) is 3.99. The maximum Gasteiger partial charge on any atom is 0.351 e. The van der Waals surface area contributed by atoms with E-state index in [1.807, 2.05) is 30.3 Å². The van der Waals surface area contributed by atoms with Crippen LogP contribution in [0.2, 0.25) is 0 Å². The van der Waals surface area contributed by atoms with Gasteiger partial charge in [-0.3, -0.25) is 4.79 Å². The minimum atomic E-state index is -0.919. The highest BCUT2D eigenvalue weighted by Crippen LogP contribution is 2.21. The first-order valence-corrected chi connectivity index (χ1v) is 8.87. The summed E-state index contributed by atoms with van der Waals surface area (Å²) in [5.74, 6) is -0.726. The minimum Gasteiger partial charge on any atom is -0.497 e. The van der Waals surface area contributed by atoms with E-state index in [1.165, 1.54) is 13.2 Å². The molecule has 3 aromatic carbocycles. The van der Waals surface area contributed by atoms with Gasteiger partial charge in [-0.25, -0.2) is 9.59 Å². The number of methoxy groups -OCH3 is 1. The molecule has 0 amide bonds. The van der Waals surface area contributed by atoms with Gasteiger partial charge in [-0.2, -0.15) is 0 Å². The summed E-state index contributed by atoms with van der Waals surface area (Å²) in [6.07, 6.45) is 0. The summed E-state index contributed by atoms with van der Waals surface area (Å²) in [6, 6.07) is 19.0. The van der Waals surface area contributed by atoms with Crippen LogP contribution in [0.4, 0.5) is 0 Å². The highest BCUT2D eigenvalue weighted by molar-refractivity contribution is 6.09. The SMILES string of the molecule is COc1ccc2oc(=O)c(C(=O)OCC(=O)c3cccc4ccccc34)cc2c1. The Hall–Kier alpha value is -3.93. The van der Waals surface area contributed by atoms with Crippen LogP contribution in [0.3, 0.4) is 0 Å². The predicted molar refractivity (Wildman–Crippen MR) is 108 cm³/mol. The fourth-order valence-corrected chi connectivity index (χ4v) is 3.13. The molecule has 4 aromatic rings. The molecule has 0 aliphatic heterocycles. The summed E-state index contributed by atoms with van der Waals surface area (Å²) in [5, 5.41) is 2.19. The number of benzene rings is 3. The van der Waals surface area contributed by atoms with Crippen LogP contribution >= 0.6 is 0 Å². The summed E-state index contributed by atoms with van der Waals surface area (Å²) in [7, 11) is 1.51. The van der Waals surface area contributed by atoms with Crippen molar-refractivity contribution >= 4 is 33.5 Å². The van der Waals surface area contributed by atoms with Crippen molar-refractivity contribution in [2.75, 3.05) is 13.7 Å².